The van der Waals surface area contributed by atoms with Crippen molar-refractivity contribution >= 4 is 23.0 Å². The van der Waals surface area contributed by atoms with E-state index in [1.807, 2.05) is 25.3 Å². The molecule has 1 saturated heterocycles. The minimum atomic E-state index is -5.13. The first-order valence-corrected chi connectivity index (χ1v) is 11.6. The molecule has 1 fully saturated rings. The molecule has 3 aromatic rings. The normalized spacial score (nSPS) is 19.6. The van der Waals surface area contributed by atoms with E-state index in [4.69, 9.17) is 0 Å². The molecule has 36 heavy (non-hydrogen) atoms. The number of hydrogen-bond acceptors (Lipinski definition) is 4. The van der Waals surface area contributed by atoms with Crippen LogP contribution in [0.3, 0.4) is 0 Å². The van der Waals surface area contributed by atoms with Gasteiger partial charge in [0.05, 0.1) is 6.04 Å². The molecule has 0 saturated carbocycles. The van der Waals surface area contributed by atoms with Crippen LogP contribution in [-0.4, -0.2) is 60.3 Å². The number of fused-ring (bicyclic) bond motifs is 2. The number of nitrogens with one attached hydrogen (secondary N) is 1. The molecule has 8 nitrogen and oxygen atoms in total. The van der Waals surface area contributed by atoms with Crippen LogP contribution >= 0.6 is 0 Å². The summed E-state index contributed by atoms with van der Waals surface area (Å²) < 4.78 is 40.1. The van der Waals surface area contributed by atoms with E-state index in [9.17, 15) is 33.0 Å². The van der Waals surface area contributed by atoms with Crippen LogP contribution in [0.1, 0.15) is 48.1 Å². The molecule has 0 bridgehead atoms. The lowest BCUT2D eigenvalue weighted by Gasteiger charge is -2.29. The van der Waals surface area contributed by atoms with Gasteiger partial charge in [0.1, 0.15) is 5.65 Å². The molecule has 3 N–H and O–H groups in total. The number of carbonyl (C=O) groups excluding carboxylic acids is 1. The van der Waals surface area contributed by atoms with E-state index in [0.717, 1.165) is 32.6 Å². The number of aromatic amines is 1. The van der Waals surface area contributed by atoms with Crippen molar-refractivity contribution in [1.82, 2.24) is 19.8 Å². The van der Waals surface area contributed by atoms with Gasteiger partial charge in [-0.15, -0.1) is 0 Å². The van der Waals surface area contributed by atoms with Gasteiger partial charge in [0.25, 0.3) is 5.91 Å². The number of carboxylic acid groups (broad SMARTS) is 1. The van der Waals surface area contributed by atoms with Crippen LogP contribution in [0.4, 0.5) is 18.0 Å². The first-order chi connectivity index (χ1) is 16.9. The fourth-order valence-electron chi connectivity index (χ4n) is 5.19. The van der Waals surface area contributed by atoms with Crippen LogP contribution in [-0.2, 0) is 17.9 Å². The van der Waals surface area contributed by atoms with Crippen molar-refractivity contribution < 1.29 is 33.0 Å². The first-order valence-electron chi connectivity index (χ1n) is 11.6. The van der Waals surface area contributed by atoms with E-state index in [1.165, 1.54) is 4.90 Å². The van der Waals surface area contributed by atoms with Crippen molar-refractivity contribution in [3.63, 3.8) is 0 Å². The third kappa shape index (κ3) is 3.78. The quantitative estimate of drug-likeness (QED) is 0.488. The maximum atomic E-state index is 13.4. The summed E-state index contributed by atoms with van der Waals surface area (Å²) in [5.41, 5.74) is 1.59. The van der Waals surface area contributed by atoms with Crippen molar-refractivity contribution in [1.29, 1.82) is 0 Å². The first kappa shape index (κ1) is 24.1. The summed E-state index contributed by atoms with van der Waals surface area (Å²) in [7, 11) is 0. The Morgan fingerprint density at radius 2 is 1.92 bits per heavy atom. The highest BCUT2D eigenvalue weighted by molar-refractivity contribution is 5.87. The van der Waals surface area contributed by atoms with Crippen LogP contribution in [0, 0.1) is 6.92 Å². The van der Waals surface area contributed by atoms with Gasteiger partial charge in [0.15, 0.2) is 0 Å². The largest absolute Gasteiger partial charge is 0.465 e. The number of likely N-dealkylation sites (tertiary alicyclic amines) is 1. The van der Waals surface area contributed by atoms with Gasteiger partial charge in [-0.3, -0.25) is 4.79 Å². The topological polar surface area (TPSA) is 110 Å². The highest BCUT2D eigenvalue weighted by Crippen LogP contribution is 2.42. The summed E-state index contributed by atoms with van der Waals surface area (Å²) in [4.78, 5) is 34.5. The molecule has 0 spiro atoms. The van der Waals surface area contributed by atoms with Gasteiger partial charge in [-0.2, -0.15) is 13.2 Å². The van der Waals surface area contributed by atoms with Crippen molar-refractivity contribution in [2.75, 3.05) is 6.54 Å². The maximum Gasteiger partial charge on any atom is 0.426 e. The highest BCUT2D eigenvalue weighted by Gasteiger charge is 2.57. The Kier molecular flexibility index (Phi) is 5.51. The number of nitrogens with zero attached hydrogens (tertiary/aromatic N) is 3. The number of H-pyrrole nitrogens is 1. The minimum absolute atomic E-state index is 0.125. The van der Waals surface area contributed by atoms with Crippen LogP contribution < -0.4 is 0 Å². The Labute approximate surface area is 204 Å². The number of aryl methyl sites for hydroxylation is 1. The molecule has 0 unspecified atom stereocenters. The van der Waals surface area contributed by atoms with E-state index < -0.39 is 29.8 Å². The highest BCUT2D eigenvalue weighted by atomic mass is 19.4. The summed E-state index contributed by atoms with van der Waals surface area (Å²) in [5, 5.41) is 20.6. The average Bonchev–Trinajstić information content (AvgIpc) is 3.55. The zero-order chi connectivity index (χ0) is 26.0. The standard InChI is InChI=1S/C25H25F3N4O4/c1-13-9-29-21-17(13)8-15(10-30-21)14-6-16-11-31(22(33)24(2,36)25(26,27)28)12-19(16)18(7-14)20-4-3-5-32(20)23(34)35/h6-10,20,36H,3-5,11-12H2,1-2H3,(H,29,30)(H,34,35)/t20-,24-/m0/s1. The van der Waals surface area contributed by atoms with Gasteiger partial charge in [-0.1, -0.05) is 0 Å². The van der Waals surface area contributed by atoms with E-state index in [2.05, 4.69) is 9.97 Å². The molecule has 5 rings (SSSR count). The van der Waals surface area contributed by atoms with Crippen molar-refractivity contribution in [3.05, 3.63) is 52.8 Å². The second-order valence-corrected chi connectivity index (χ2v) is 9.66. The molecular weight excluding hydrogens is 477 g/mol. The SMILES string of the molecule is Cc1c[nH]c2ncc(-c3cc4c(c([C@@H]5CCCN5C(=O)O)c3)CN(C(=O)[C@](C)(O)C(F)(F)F)C4)cc12. The molecule has 11 heteroatoms. The number of amides is 2. The second kappa shape index (κ2) is 8.22. The van der Waals surface area contributed by atoms with Crippen LogP contribution in [0.25, 0.3) is 22.2 Å². The zero-order valence-corrected chi connectivity index (χ0v) is 19.7. The lowest BCUT2D eigenvalue weighted by molar-refractivity contribution is -0.250. The van der Waals surface area contributed by atoms with E-state index in [-0.39, 0.29) is 13.1 Å². The van der Waals surface area contributed by atoms with Gasteiger partial charge in [0, 0.05) is 43.0 Å². The molecule has 0 radical (unpaired) electrons. The van der Waals surface area contributed by atoms with Crippen LogP contribution in [0.2, 0.25) is 0 Å². The Morgan fingerprint density at radius 1 is 1.17 bits per heavy atom. The second-order valence-electron chi connectivity index (χ2n) is 9.66. The molecule has 1 aromatic carbocycles. The number of alkyl halides is 3. The van der Waals surface area contributed by atoms with E-state index in [1.54, 1.807) is 12.3 Å². The number of benzene rings is 1. The number of hydrogen-bond donors (Lipinski definition) is 3. The molecule has 4 heterocycles. The monoisotopic (exact) mass is 502 g/mol. The Hall–Kier alpha value is -3.60. The van der Waals surface area contributed by atoms with Crippen molar-refractivity contribution in [3.8, 4) is 11.1 Å². The third-order valence-electron chi connectivity index (χ3n) is 7.27. The summed E-state index contributed by atoms with van der Waals surface area (Å²) in [6, 6.07) is 5.13. The minimum Gasteiger partial charge on any atom is -0.465 e. The van der Waals surface area contributed by atoms with Gasteiger partial charge < -0.3 is 25.0 Å². The Balaban J connectivity index is 1.61. The Morgan fingerprint density at radius 3 is 2.61 bits per heavy atom. The number of carbonyl (C=O) groups is 2. The van der Waals surface area contributed by atoms with Crippen molar-refractivity contribution in [2.45, 2.75) is 57.6 Å². The Bertz CT molecular complexity index is 1380. The number of pyridine rings is 1. The molecule has 2 amide bonds. The van der Waals surface area contributed by atoms with Crippen LogP contribution in [0.5, 0.6) is 0 Å². The maximum absolute atomic E-state index is 13.4. The zero-order valence-electron chi connectivity index (χ0n) is 19.7. The van der Waals surface area contributed by atoms with Crippen molar-refractivity contribution in [2.24, 2.45) is 0 Å². The molecule has 190 valence electrons. The van der Waals surface area contributed by atoms with Gasteiger partial charge in [-0.05, 0) is 72.7 Å². The lowest BCUT2D eigenvalue weighted by Crippen LogP contribution is -2.54. The summed E-state index contributed by atoms with van der Waals surface area (Å²) >= 11 is 0. The molecule has 2 aliphatic rings. The lowest BCUT2D eigenvalue weighted by atomic mass is 9.91. The van der Waals surface area contributed by atoms with E-state index in [0.29, 0.717) is 43.0 Å². The summed E-state index contributed by atoms with van der Waals surface area (Å²) in [6.07, 6.45) is -1.47. The number of halogens is 3. The van der Waals surface area contributed by atoms with Gasteiger partial charge >= 0.3 is 12.3 Å². The molecule has 2 atom stereocenters. The van der Waals surface area contributed by atoms with E-state index >= 15 is 0 Å². The molecular formula is C25H25F3N4O4. The van der Waals surface area contributed by atoms with Gasteiger partial charge in [-0.25, -0.2) is 9.78 Å². The molecule has 2 aliphatic heterocycles. The number of aromatic nitrogens is 2. The van der Waals surface area contributed by atoms with Gasteiger partial charge in [0.2, 0.25) is 5.60 Å². The predicted octanol–water partition coefficient (Wildman–Crippen LogP) is 4.51. The third-order valence-corrected chi connectivity index (χ3v) is 7.27. The number of aliphatic hydroxyl groups is 1. The summed E-state index contributed by atoms with van der Waals surface area (Å²) in [6.45, 7) is 2.47. The molecule has 0 aliphatic carbocycles. The summed E-state index contributed by atoms with van der Waals surface area (Å²) in [5.74, 6) is -1.44. The molecule has 2 aromatic heterocycles. The fraction of sp³-hybridized carbons (Fsp3) is 0.400. The fourth-order valence-corrected chi connectivity index (χ4v) is 5.19. The van der Waals surface area contributed by atoms with Crippen LogP contribution in [0.15, 0.2) is 30.6 Å². The predicted molar refractivity (Wildman–Crippen MR) is 124 cm³/mol. The smallest absolute Gasteiger partial charge is 0.426 e. The average molecular weight is 502 g/mol. The number of rotatable bonds is 3.